The molecule has 1 aliphatic heterocycles. The van der Waals surface area contributed by atoms with E-state index in [0.717, 1.165) is 8.04 Å². The first-order chi connectivity index (χ1) is 9.02. The molecule has 1 aliphatic rings. The van der Waals surface area contributed by atoms with Crippen LogP contribution >= 0.6 is 50.1 Å². The molecule has 0 radical (unpaired) electrons. The summed E-state index contributed by atoms with van der Waals surface area (Å²) >= 11 is 11.5. The van der Waals surface area contributed by atoms with Gasteiger partial charge in [-0.05, 0) is 63.6 Å². The van der Waals surface area contributed by atoms with Crippen LogP contribution in [0.2, 0.25) is 0 Å². The maximum absolute atomic E-state index is 12.6. The first kappa shape index (κ1) is 15.5. The molecule has 0 N–H and O–H groups in total. The molecule has 1 amide bonds. The third-order valence-corrected chi connectivity index (χ3v) is 4.80. The van der Waals surface area contributed by atoms with Gasteiger partial charge in [0.2, 0.25) is 0 Å². The Bertz CT molecular complexity index is 486. The van der Waals surface area contributed by atoms with Gasteiger partial charge in [-0.15, -0.1) is 11.6 Å². The molecule has 1 aromatic rings. The Kier molecular flexibility index (Phi) is 5.51. The molecule has 1 fully saturated rings. The monoisotopic (exact) mass is 457 g/mol. The average molecular weight is 459 g/mol. The highest BCUT2D eigenvalue weighted by Crippen LogP contribution is 2.23. The highest BCUT2D eigenvalue weighted by Gasteiger charge is 2.30. The maximum atomic E-state index is 12.6. The molecule has 2 atom stereocenters. The zero-order chi connectivity index (χ0) is 14.0. The fourth-order valence-corrected chi connectivity index (χ4v) is 3.10. The SMILES string of the molecule is CC1COC(CCl)CN1C(=O)c1cc(I)ccc1Br. The van der Waals surface area contributed by atoms with Crippen LogP contribution in [0.3, 0.4) is 0 Å². The van der Waals surface area contributed by atoms with Gasteiger partial charge in [0.25, 0.3) is 5.91 Å². The molecule has 0 spiro atoms. The summed E-state index contributed by atoms with van der Waals surface area (Å²) in [6.07, 6.45) is -0.0802. The zero-order valence-corrected chi connectivity index (χ0v) is 14.9. The standard InChI is InChI=1S/C13H14BrClINO2/c1-8-7-19-10(5-15)6-17(8)13(18)11-4-9(16)2-3-12(11)14/h2-4,8,10H,5-7H2,1H3. The van der Waals surface area contributed by atoms with Crippen LogP contribution in [0.5, 0.6) is 0 Å². The first-order valence-corrected chi connectivity index (χ1v) is 8.37. The summed E-state index contributed by atoms with van der Waals surface area (Å²) in [5.74, 6) is 0.431. The van der Waals surface area contributed by atoms with Gasteiger partial charge >= 0.3 is 0 Å². The predicted molar refractivity (Wildman–Crippen MR) is 87.8 cm³/mol. The minimum atomic E-state index is -0.0802. The highest BCUT2D eigenvalue weighted by molar-refractivity contribution is 14.1. The summed E-state index contributed by atoms with van der Waals surface area (Å²) < 4.78 is 7.43. The molecule has 1 heterocycles. The number of rotatable bonds is 2. The number of alkyl halides is 1. The zero-order valence-electron chi connectivity index (χ0n) is 10.4. The van der Waals surface area contributed by atoms with Gasteiger partial charge in [0, 0.05) is 14.6 Å². The van der Waals surface area contributed by atoms with Crippen LogP contribution < -0.4 is 0 Å². The van der Waals surface area contributed by atoms with Gasteiger partial charge in [0.05, 0.1) is 30.2 Å². The molecule has 0 aliphatic carbocycles. The van der Waals surface area contributed by atoms with Crippen molar-refractivity contribution >= 4 is 56.0 Å². The lowest BCUT2D eigenvalue weighted by atomic mass is 10.1. The van der Waals surface area contributed by atoms with Crippen LogP contribution in [0.4, 0.5) is 0 Å². The van der Waals surface area contributed by atoms with Crippen molar-refractivity contribution in [3.8, 4) is 0 Å². The number of benzene rings is 1. The molecule has 1 saturated heterocycles. The van der Waals surface area contributed by atoms with E-state index in [4.69, 9.17) is 16.3 Å². The van der Waals surface area contributed by atoms with Gasteiger partial charge < -0.3 is 9.64 Å². The van der Waals surface area contributed by atoms with Crippen molar-refractivity contribution in [1.82, 2.24) is 4.90 Å². The van der Waals surface area contributed by atoms with Crippen molar-refractivity contribution in [2.45, 2.75) is 19.1 Å². The van der Waals surface area contributed by atoms with E-state index in [1.54, 1.807) is 0 Å². The number of halogens is 3. The molecule has 104 valence electrons. The third-order valence-electron chi connectivity index (χ3n) is 3.10. The molecular formula is C13H14BrClINO2. The van der Waals surface area contributed by atoms with E-state index in [9.17, 15) is 4.79 Å². The summed E-state index contributed by atoms with van der Waals surface area (Å²) in [5, 5.41) is 0. The van der Waals surface area contributed by atoms with Crippen molar-refractivity contribution in [2.24, 2.45) is 0 Å². The number of hydrogen-bond acceptors (Lipinski definition) is 2. The van der Waals surface area contributed by atoms with Gasteiger partial charge in [-0.1, -0.05) is 0 Å². The van der Waals surface area contributed by atoms with Crippen molar-refractivity contribution in [3.05, 3.63) is 31.8 Å². The fourth-order valence-electron chi connectivity index (χ4n) is 2.01. The van der Waals surface area contributed by atoms with Crippen molar-refractivity contribution in [1.29, 1.82) is 0 Å². The van der Waals surface area contributed by atoms with E-state index in [2.05, 4.69) is 38.5 Å². The summed E-state index contributed by atoms with van der Waals surface area (Å²) in [6, 6.07) is 5.83. The second kappa shape index (κ2) is 6.74. The van der Waals surface area contributed by atoms with E-state index in [-0.39, 0.29) is 18.1 Å². The van der Waals surface area contributed by atoms with Gasteiger partial charge in [0.15, 0.2) is 0 Å². The minimum Gasteiger partial charge on any atom is -0.373 e. The predicted octanol–water partition coefficient (Wildman–Crippen LogP) is 3.52. The lowest BCUT2D eigenvalue weighted by molar-refractivity contribution is -0.0372. The number of hydrogen-bond donors (Lipinski definition) is 0. The quantitative estimate of drug-likeness (QED) is 0.502. The van der Waals surface area contributed by atoms with E-state index >= 15 is 0 Å². The summed E-state index contributed by atoms with van der Waals surface area (Å²) in [7, 11) is 0. The molecule has 2 unspecified atom stereocenters. The molecule has 0 bridgehead atoms. The number of nitrogens with zero attached hydrogens (tertiary/aromatic N) is 1. The largest absolute Gasteiger partial charge is 0.373 e. The van der Waals surface area contributed by atoms with Crippen LogP contribution in [0, 0.1) is 3.57 Å². The Morgan fingerprint density at radius 3 is 3.05 bits per heavy atom. The Morgan fingerprint density at radius 1 is 1.63 bits per heavy atom. The molecule has 0 saturated carbocycles. The molecule has 6 heteroatoms. The molecule has 0 aromatic heterocycles. The van der Waals surface area contributed by atoms with Crippen LogP contribution in [0.25, 0.3) is 0 Å². The molecule has 19 heavy (non-hydrogen) atoms. The summed E-state index contributed by atoms with van der Waals surface area (Å²) in [4.78, 5) is 14.5. The van der Waals surface area contributed by atoms with Gasteiger partial charge in [-0.2, -0.15) is 0 Å². The van der Waals surface area contributed by atoms with E-state index < -0.39 is 0 Å². The molecule has 2 rings (SSSR count). The van der Waals surface area contributed by atoms with Crippen molar-refractivity contribution < 1.29 is 9.53 Å². The van der Waals surface area contributed by atoms with Crippen LogP contribution in [0.15, 0.2) is 22.7 Å². The number of morpholine rings is 1. The lowest BCUT2D eigenvalue weighted by Crippen LogP contribution is -2.51. The van der Waals surface area contributed by atoms with Crippen LogP contribution in [-0.2, 0) is 4.74 Å². The Morgan fingerprint density at radius 2 is 2.37 bits per heavy atom. The van der Waals surface area contributed by atoms with Gasteiger partial charge in [-0.25, -0.2) is 0 Å². The molecule has 3 nitrogen and oxygen atoms in total. The number of amides is 1. The highest BCUT2D eigenvalue weighted by atomic mass is 127. The number of carbonyl (C=O) groups excluding carboxylic acids is 1. The molecular weight excluding hydrogens is 444 g/mol. The Hall–Kier alpha value is 0.150. The summed E-state index contributed by atoms with van der Waals surface area (Å²) in [5.41, 5.74) is 0.689. The normalized spacial score (nSPS) is 23.5. The van der Waals surface area contributed by atoms with E-state index in [1.807, 2.05) is 30.0 Å². The third kappa shape index (κ3) is 3.62. The fraction of sp³-hybridized carbons (Fsp3) is 0.462. The first-order valence-electron chi connectivity index (χ1n) is 5.96. The van der Waals surface area contributed by atoms with Gasteiger partial charge in [-0.3, -0.25) is 4.79 Å². The van der Waals surface area contributed by atoms with Crippen LogP contribution in [0.1, 0.15) is 17.3 Å². The average Bonchev–Trinajstić information content (AvgIpc) is 2.41. The topological polar surface area (TPSA) is 29.5 Å². The van der Waals surface area contributed by atoms with Crippen molar-refractivity contribution in [2.75, 3.05) is 19.0 Å². The second-order valence-corrected chi connectivity index (χ2v) is 6.95. The summed E-state index contributed by atoms with van der Waals surface area (Å²) in [6.45, 7) is 3.07. The number of carbonyl (C=O) groups is 1. The lowest BCUT2D eigenvalue weighted by Gasteiger charge is -2.37. The second-order valence-electron chi connectivity index (χ2n) is 4.54. The Balaban J connectivity index is 2.24. The van der Waals surface area contributed by atoms with Crippen LogP contribution in [-0.4, -0.2) is 42.0 Å². The minimum absolute atomic E-state index is 0.0244. The van der Waals surface area contributed by atoms with E-state index in [0.29, 0.717) is 24.6 Å². The maximum Gasteiger partial charge on any atom is 0.255 e. The van der Waals surface area contributed by atoms with Crippen molar-refractivity contribution in [3.63, 3.8) is 0 Å². The van der Waals surface area contributed by atoms with E-state index in [1.165, 1.54) is 0 Å². The smallest absolute Gasteiger partial charge is 0.255 e. The van der Waals surface area contributed by atoms with Gasteiger partial charge in [0.1, 0.15) is 0 Å². The Labute approximate surface area is 139 Å². The molecule has 1 aromatic carbocycles. The number of ether oxygens (including phenoxy) is 1.